The third-order valence-corrected chi connectivity index (χ3v) is 4.23. The predicted molar refractivity (Wildman–Crippen MR) is 110 cm³/mol. The Morgan fingerprint density at radius 3 is 2.37 bits per heavy atom. The van der Waals surface area contributed by atoms with Crippen molar-refractivity contribution in [2.45, 2.75) is 0 Å². The van der Waals surface area contributed by atoms with Crippen molar-refractivity contribution >= 4 is 33.8 Å². The van der Waals surface area contributed by atoms with Gasteiger partial charge in [0, 0.05) is 0 Å². The molecule has 1 N–H and O–H groups in total. The summed E-state index contributed by atoms with van der Waals surface area (Å²) in [5.74, 6) is 0.288. The van der Waals surface area contributed by atoms with Crippen LogP contribution in [0.15, 0.2) is 82.4 Å². The van der Waals surface area contributed by atoms with Crippen molar-refractivity contribution in [1.82, 2.24) is 0 Å². The van der Waals surface area contributed by atoms with Crippen LogP contribution in [-0.4, -0.2) is 19.3 Å². The standard InChI is InChI=1S/C21H17BrN2O3/c1-26-19-13-15(14-23-24-17-10-6-3-7-11-17)12-18(22)20(19)27-21(25)16-8-4-2-5-9-16/h2-14,24H,1H3. The molecular weight excluding hydrogens is 408 g/mol. The van der Waals surface area contributed by atoms with Crippen molar-refractivity contribution in [3.8, 4) is 11.5 Å². The highest BCUT2D eigenvalue weighted by molar-refractivity contribution is 9.10. The number of rotatable bonds is 6. The smallest absolute Gasteiger partial charge is 0.343 e. The third-order valence-electron chi connectivity index (χ3n) is 3.64. The molecule has 0 radical (unpaired) electrons. The summed E-state index contributed by atoms with van der Waals surface area (Å²) in [5, 5.41) is 4.21. The minimum atomic E-state index is -0.457. The Morgan fingerprint density at radius 1 is 1.04 bits per heavy atom. The molecule has 0 amide bonds. The summed E-state index contributed by atoms with van der Waals surface area (Å²) in [5.41, 5.74) is 5.07. The number of benzene rings is 3. The summed E-state index contributed by atoms with van der Waals surface area (Å²) < 4.78 is 11.5. The lowest BCUT2D eigenvalue weighted by atomic mass is 10.2. The molecule has 0 saturated carbocycles. The SMILES string of the molecule is COc1cc(C=NNc2ccccc2)cc(Br)c1OC(=O)c1ccccc1. The zero-order valence-electron chi connectivity index (χ0n) is 14.6. The molecule has 0 spiro atoms. The molecule has 0 heterocycles. The predicted octanol–water partition coefficient (Wildman–Crippen LogP) is 5.12. The van der Waals surface area contributed by atoms with Gasteiger partial charge in [-0.25, -0.2) is 4.79 Å². The second kappa shape index (κ2) is 9.00. The van der Waals surface area contributed by atoms with Crippen LogP contribution in [-0.2, 0) is 0 Å². The average Bonchev–Trinajstić information content (AvgIpc) is 2.71. The number of anilines is 1. The molecule has 136 valence electrons. The van der Waals surface area contributed by atoms with E-state index in [0.29, 0.717) is 21.5 Å². The molecule has 0 aromatic heterocycles. The number of carbonyl (C=O) groups excluding carboxylic acids is 1. The number of nitrogens with zero attached hydrogens (tertiary/aromatic N) is 1. The van der Waals surface area contributed by atoms with E-state index in [4.69, 9.17) is 9.47 Å². The first-order chi connectivity index (χ1) is 13.2. The number of nitrogens with one attached hydrogen (secondary N) is 1. The minimum absolute atomic E-state index is 0.319. The third kappa shape index (κ3) is 4.95. The Hall–Kier alpha value is -3.12. The van der Waals surface area contributed by atoms with Gasteiger partial charge in [-0.3, -0.25) is 5.43 Å². The molecule has 27 heavy (non-hydrogen) atoms. The van der Waals surface area contributed by atoms with Crippen LogP contribution in [0.4, 0.5) is 5.69 Å². The molecule has 5 nitrogen and oxygen atoms in total. The van der Waals surface area contributed by atoms with Crippen molar-refractivity contribution in [2.24, 2.45) is 5.10 Å². The largest absolute Gasteiger partial charge is 0.493 e. The van der Waals surface area contributed by atoms with Crippen molar-refractivity contribution < 1.29 is 14.3 Å². The summed E-state index contributed by atoms with van der Waals surface area (Å²) in [6.07, 6.45) is 1.66. The fraction of sp³-hybridized carbons (Fsp3) is 0.0476. The van der Waals surface area contributed by atoms with Crippen LogP contribution in [0.1, 0.15) is 15.9 Å². The van der Waals surface area contributed by atoms with E-state index in [1.807, 2.05) is 36.4 Å². The highest BCUT2D eigenvalue weighted by Crippen LogP contribution is 2.36. The van der Waals surface area contributed by atoms with Crippen molar-refractivity contribution in [3.05, 3.63) is 88.4 Å². The Balaban J connectivity index is 1.77. The number of hydrazone groups is 1. The summed E-state index contributed by atoms with van der Waals surface area (Å²) in [6, 6.07) is 21.9. The monoisotopic (exact) mass is 424 g/mol. The maximum absolute atomic E-state index is 12.3. The zero-order valence-corrected chi connectivity index (χ0v) is 16.1. The van der Waals surface area contributed by atoms with Crippen LogP contribution in [0.2, 0.25) is 0 Å². The van der Waals surface area contributed by atoms with Crippen LogP contribution in [0.3, 0.4) is 0 Å². The van der Waals surface area contributed by atoms with Gasteiger partial charge in [0.1, 0.15) is 0 Å². The number of esters is 1. The van der Waals surface area contributed by atoms with E-state index in [2.05, 4.69) is 26.5 Å². The second-order valence-electron chi connectivity index (χ2n) is 5.53. The molecule has 0 atom stereocenters. The first-order valence-electron chi connectivity index (χ1n) is 8.16. The van der Waals surface area contributed by atoms with Gasteiger partial charge in [-0.05, 0) is 57.9 Å². The number of halogens is 1. The topological polar surface area (TPSA) is 59.9 Å². The van der Waals surface area contributed by atoms with E-state index in [-0.39, 0.29) is 0 Å². The number of hydrogen-bond donors (Lipinski definition) is 1. The molecule has 0 bridgehead atoms. The molecule has 3 aromatic carbocycles. The summed E-state index contributed by atoms with van der Waals surface area (Å²) in [4.78, 5) is 12.3. The number of hydrogen-bond acceptors (Lipinski definition) is 5. The molecule has 0 fully saturated rings. The van der Waals surface area contributed by atoms with E-state index in [0.717, 1.165) is 11.3 Å². The number of carbonyl (C=O) groups is 1. The van der Waals surface area contributed by atoms with Gasteiger partial charge < -0.3 is 9.47 Å². The lowest BCUT2D eigenvalue weighted by Crippen LogP contribution is -2.09. The van der Waals surface area contributed by atoms with E-state index in [9.17, 15) is 4.79 Å². The molecule has 0 aliphatic rings. The highest BCUT2D eigenvalue weighted by atomic mass is 79.9. The van der Waals surface area contributed by atoms with Gasteiger partial charge in [0.2, 0.25) is 0 Å². The highest BCUT2D eigenvalue weighted by Gasteiger charge is 2.16. The van der Waals surface area contributed by atoms with Gasteiger partial charge in [0.25, 0.3) is 0 Å². The van der Waals surface area contributed by atoms with Crippen LogP contribution in [0.5, 0.6) is 11.5 Å². The van der Waals surface area contributed by atoms with Crippen molar-refractivity contribution in [2.75, 3.05) is 12.5 Å². The molecule has 6 heteroatoms. The number of ether oxygens (including phenoxy) is 2. The van der Waals surface area contributed by atoms with Crippen molar-refractivity contribution in [3.63, 3.8) is 0 Å². The normalized spacial score (nSPS) is 10.6. The quantitative estimate of drug-likeness (QED) is 0.258. The second-order valence-corrected chi connectivity index (χ2v) is 6.38. The molecule has 3 aromatic rings. The molecular formula is C21H17BrN2O3. The molecule has 0 saturated heterocycles. The zero-order chi connectivity index (χ0) is 19.1. The van der Waals surface area contributed by atoms with Gasteiger partial charge in [-0.1, -0.05) is 36.4 Å². The van der Waals surface area contributed by atoms with Gasteiger partial charge in [-0.2, -0.15) is 5.10 Å². The first-order valence-corrected chi connectivity index (χ1v) is 8.95. The molecule has 0 unspecified atom stereocenters. The van der Waals surface area contributed by atoms with Crippen LogP contribution < -0.4 is 14.9 Å². The lowest BCUT2D eigenvalue weighted by Gasteiger charge is -2.12. The van der Waals surface area contributed by atoms with E-state index in [1.165, 1.54) is 7.11 Å². The van der Waals surface area contributed by atoms with Gasteiger partial charge in [-0.15, -0.1) is 0 Å². The fourth-order valence-corrected chi connectivity index (χ4v) is 2.87. The van der Waals surface area contributed by atoms with Crippen LogP contribution >= 0.6 is 15.9 Å². The molecule has 3 rings (SSSR count). The Bertz CT molecular complexity index is 944. The Labute approximate surface area is 165 Å². The van der Waals surface area contributed by atoms with Crippen LogP contribution in [0, 0.1) is 0 Å². The number of para-hydroxylation sites is 1. The van der Waals surface area contributed by atoms with E-state index in [1.54, 1.807) is 42.6 Å². The maximum Gasteiger partial charge on any atom is 0.343 e. The molecule has 0 aliphatic heterocycles. The minimum Gasteiger partial charge on any atom is -0.493 e. The molecule has 0 aliphatic carbocycles. The fourth-order valence-electron chi connectivity index (χ4n) is 2.33. The maximum atomic E-state index is 12.3. The van der Waals surface area contributed by atoms with Crippen LogP contribution in [0.25, 0.3) is 0 Å². The number of methoxy groups -OCH3 is 1. The summed E-state index contributed by atoms with van der Waals surface area (Å²) >= 11 is 3.44. The first kappa shape index (κ1) is 18.7. The van der Waals surface area contributed by atoms with Gasteiger partial charge in [0.15, 0.2) is 11.5 Å². The Morgan fingerprint density at radius 2 is 1.70 bits per heavy atom. The van der Waals surface area contributed by atoms with Gasteiger partial charge >= 0.3 is 5.97 Å². The van der Waals surface area contributed by atoms with E-state index >= 15 is 0 Å². The lowest BCUT2D eigenvalue weighted by molar-refractivity contribution is 0.0728. The average molecular weight is 425 g/mol. The summed E-state index contributed by atoms with van der Waals surface area (Å²) in [7, 11) is 1.52. The van der Waals surface area contributed by atoms with Gasteiger partial charge in [0.05, 0.1) is 29.0 Å². The van der Waals surface area contributed by atoms with E-state index < -0.39 is 5.97 Å². The Kier molecular flexibility index (Phi) is 6.22. The van der Waals surface area contributed by atoms with Crippen molar-refractivity contribution in [1.29, 1.82) is 0 Å². The summed E-state index contributed by atoms with van der Waals surface area (Å²) in [6.45, 7) is 0.